The van der Waals surface area contributed by atoms with Gasteiger partial charge in [-0.3, -0.25) is 0 Å². The summed E-state index contributed by atoms with van der Waals surface area (Å²) in [5, 5.41) is 0.183. The zero-order chi connectivity index (χ0) is 14.9. The van der Waals surface area contributed by atoms with Crippen molar-refractivity contribution in [1.29, 1.82) is 0 Å². The zero-order valence-electron chi connectivity index (χ0n) is 10.9. The van der Waals surface area contributed by atoms with Gasteiger partial charge >= 0.3 is 0 Å². The van der Waals surface area contributed by atoms with E-state index in [2.05, 4.69) is 0 Å². The van der Waals surface area contributed by atoms with Crippen molar-refractivity contribution in [3.8, 4) is 0 Å². The van der Waals surface area contributed by atoms with Gasteiger partial charge in [-0.25, -0.2) is 8.42 Å². The van der Waals surface area contributed by atoms with Gasteiger partial charge in [-0.05, 0) is 24.3 Å². The number of hydrogen-bond donors (Lipinski definition) is 1. The van der Waals surface area contributed by atoms with E-state index < -0.39 is 10.0 Å². The highest BCUT2D eigenvalue weighted by atomic mass is 35.5. The van der Waals surface area contributed by atoms with Crippen LogP contribution in [-0.4, -0.2) is 42.3 Å². The van der Waals surface area contributed by atoms with Crippen LogP contribution in [0.4, 0.5) is 0 Å². The molecule has 4 nitrogen and oxygen atoms in total. The molecule has 1 unspecified atom stereocenters. The van der Waals surface area contributed by atoms with Gasteiger partial charge in [-0.2, -0.15) is 16.1 Å². The second-order valence-electron chi connectivity index (χ2n) is 4.55. The summed E-state index contributed by atoms with van der Waals surface area (Å²) < 4.78 is 26.7. The van der Waals surface area contributed by atoms with E-state index in [4.69, 9.17) is 29.6 Å². The number of sulfonamides is 1. The van der Waals surface area contributed by atoms with Crippen LogP contribution in [0.25, 0.3) is 0 Å². The molecule has 1 heterocycles. The van der Waals surface area contributed by atoms with Gasteiger partial charge in [0.1, 0.15) is 9.88 Å². The summed E-state index contributed by atoms with van der Waals surface area (Å²) in [5.74, 6) is 1.79. The molecule has 1 aromatic carbocycles. The second-order valence-corrected chi connectivity index (χ2v) is 8.51. The highest BCUT2D eigenvalue weighted by Crippen LogP contribution is 2.30. The fraction of sp³-hybridized carbons (Fsp3) is 0.417. The summed E-state index contributed by atoms with van der Waals surface area (Å²) >= 11 is 12.7. The van der Waals surface area contributed by atoms with Crippen LogP contribution in [-0.2, 0) is 10.0 Å². The van der Waals surface area contributed by atoms with Crippen LogP contribution in [0.1, 0.15) is 12.0 Å². The molecule has 1 aliphatic heterocycles. The largest absolute Gasteiger partial charge is 0.389 e. The predicted octanol–water partition coefficient (Wildman–Crippen LogP) is 2.10. The molecule has 2 rings (SSSR count). The van der Waals surface area contributed by atoms with Crippen molar-refractivity contribution in [1.82, 2.24) is 4.31 Å². The normalized spacial score (nSPS) is 19.4. The molecule has 8 heteroatoms. The van der Waals surface area contributed by atoms with Gasteiger partial charge < -0.3 is 5.73 Å². The second kappa shape index (κ2) is 6.19. The fourth-order valence-electron chi connectivity index (χ4n) is 2.01. The van der Waals surface area contributed by atoms with Crippen LogP contribution in [0, 0.1) is 0 Å². The summed E-state index contributed by atoms with van der Waals surface area (Å²) in [6, 6.07) is 4.59. The van der Waals surface area contributed by atoms with E-state index in [0.717, 1.165) is 17.9 Å². The Morgan fingerprint density at radius 1 is 1.55 bits per heavy atom. The maximum atomic E-state index is 12.7. The molecule has 1 fully saturated rings. The molecule has 1 atom stereocenters. The Kier molecular flexibility index (Phi) is 4.96. The third kappa shape index (κ3) is 3.12. The van der Waals surface area contributed by atoms with Crippen molar-refractivity contribution in [2.75, 3.05) is 18.6 Å². The van der Waals surface area contributed by atoms with Crippen LogP contribution in [0.3, 0.4) is 0 Å². The lowest BCUT2D eigenvalue weighted by atomic mass is 10.2. The Bertz CT molecular complexity index is 628. The maximum Gasteiger partial charge on any atom is 0.244 e. The predicted molar refractivity (Wildman–Crippen MR) is 88.0 cm³/mol. The van der Waals surface area contributed by atoms with E-state index in [1.165, 1.54) is 16.4 Å². The lowest BCUT2D eigenvalue weighted by Gasteiger charge is -2.23. The average molecular weight is 351 g/mol. The first-order valence-electron chi connectivity index (χ1n) is 5.99. The molecule has 0 amide bonds. The Morgan fingerprint density at radius 2 is 2.25 bits per heavy atom. The monoisotopic (exact) mass is 350 g/mol. The van der Waals surface area contributed by atoms with Crippen LogP contribution in [0.2, 0.25) is 5.02 Å². The molecule has 110 valence electrons. The first-order valence-corrected chi connectivity index (χ1v) is 9.37. The van der Waals surface area contributed by atoms with Gasteiger partial charge in [0.05, 0.1) is 5.02 Å². The summed E-state index contributed by atoms with van der Waals surface area (Å²) in [6.07, 6.45) is 0.854. The average Bonchev–Trinajstić information content (AvgIpc) is 2.91. The molecular weight excluding hydrogens is 336 g/mol. The topological polar surface area (TPSA) is 63.4 Å². The van der Waals surface area contributed by atoms with E-state index in [1.807, 2.05) is 0 Å². The summed E-state index contributed by atoms with van der Waals surface area (Å²) in [6.45, 7) is 0. The number of thioether (sulfide) groups is 1. The van der Waals surface area contributed by atoms with Crippen molar-refractivity contribution < 1.29 is 8.42 Å². The standard InChI is InChI=1S/C12H15ClN2O2S3/c1-15(9-4-5-19-7-9)20(16,17)11-6-8(12(14)18)2-3-10(11)13/h2-3,6,9H,4-5,7H2,1H3,(H2,14,18). The smallest absolute Gasteiger partial charge is 0.244 e. The molecule has 20 heavy (non-hydrogen) atoms. The van der Waals surface area contributed by atoms with Crippen LogP contribution < -0.4 is 5.73 Å². The number of nitrogens with two attached hydrogens (primary N) is 1. The van der Waals surface area contributed by atoms with Crippen LogP contribution >= 0.6 is 35.6 Å². The molecule has 0 spiro atoms. The van der Waals surface area contributed by atoms with E-state index >= 15 is 0 Å². The molecule has 1 aliphatic rings. The Morgan fingerprint density at radius 3 is 2.80 bits per heavy atom. The summed E-state index contributed by atoms with van der Waals surface area (Å²) in [5.41, 5.74) is 6.05. The minimum absolute atomic E-state index is 0.00884. The van der Waals surface area contributed by atoms with Crippen molar-refractivity contribution in [3.05, 3.63) is 28.8 Å². The van der Waals surface area contributed by atoms with Gasteiger partial charge in [0.2, 0.25) is 10.0 Å². The number of halogens is 1. The van der Waals surface area contributed by atoms with Gasteiger partial charge in [-0.15, -0.1) is 0 Å². The zero-order valence-corrected chi connectivity index (χ0v) is 14.1. The maximum absolute atomic E-state index is 12.7. The fourth-order valence-corrected chi connectivity index (χ4v) is 5.39. The van der Waals surface area contributed by atoms with E-state index in [-0.39, 0.29) is 20.9 Å². The SMILES string of the molecule is CN(C1CCSC1)S(=O)(=O)c1cc(C(N)=S)ccc1Cl. The number of benzene rings is 1. The lowest BCUT2D eigenvalue weighted by molar-refractivity contribution is 0.394. The molecule has 0 bridgehead atoms. The van der Waals surface area contributed by atoms with Gasteiger partial charge in [0, 0.05) is 24.4 Å². The number of hydrogen-bond acceptors (Lipinski definition) is 4. The lowest BCUT2D eigenvalue weighted by Crippen LogP contribution is -2.37. The molecule has 0 radical (unpaired) electrons. The van der Waals surface area contributed by atoms with Gasteiger partial charge in [0.25, 0.3) is 0 Å². The van der Waals surface area contributed by atoms with Crippen molar-refractivity contribution in [3.63, 3.8) is 0 Å². The first kappa shape index (κ1) is 16.0. The number of nitrogens with zero attached hydrogens (tertiary/aromatic N) is 1. The summed E-state index contributed by atoms with van der Waals surface area (Å²) in [4.78, 5) is 0.209. The highest BCUT2D eigenvalue weighted by molar-refractivity contribution is 7.99. The first-order chi connectivity index (χ1) is 9.34. The Balaban J connectivity index is 2.42. The third-order valence-corrected chi connectivity index (χ3v) is 7.06. The Hall–Kier alpha value is -0.340. The minimum Gasteiger partial charge on any atom is -0.389 e. The van der Waals surface area contributed by atoms with Gasteiger partial charge in [0.15, 0.2) is 0 Å². The molecule has 1 aromatic rings. The molecular formula is C12H15ClN2O2S3. The van der Waals surface area contributed by atoms with Crippen molar-refractivity contribution in [2.45, 2.75) is 17.4 Å². The molecule has 0 aliphatic carbocycles. The molecule has 2 N–H and O–H groups in total. The highest BCUT2D eigenvalue weighted by Gasteiger charge is 2.31. The van der Waals surface area contributed by atoms with Gasteiger partial charge in [-0.1, -0.05) is 29.9 Å². The number of thiocarbonyl (C=S) groups is 1. The van der Waals surface area contributed by atoms with Crippen molar-refractivity contribution >= 4 is 50.6 Å². The summed E-state index contributed by atoms with van der Waals surface area (Å²) in [7, 11) is -2.04. The molecule has 1 saturated heterocycles. The van der Waals surface area contributed by atoms with E-state index in [0.29, 0.717) is 5.56 Å². The Labute approximate surface area is 133 Å². The van der Waals surface area contributed by atoms with E-state index in [1.54, 1.807) is 24.9 Å². The van der Waals surface area contributed by atoms with E-state index in [9.17, 15) is 8.42 Å². The molecule has 0 aromatic heterocycles. The quantitative estimate of drug-likeness (QED) is 0.842. The third-order valence-electron chi connectivity index (χ3n) is 3.29. The molecule has 0 saturated carbocycles. The van der Waals surface area contributed by atoms with Crippen LogP contribution in [0.15, 0.2) is 23.1 Å². The van der Waals surface area contributed by atoms with Crippen molar-refractivity contribution in [2.24, 2.45) is 5.73 Å². The van der Waals surface area contributed by atoms with Crippen LogP contribution in [0.5, 0.6) is 0 Å². The number of rotatable bonds is 4. The minimum atomic E-state index is -3.64.